The normalized spacial score (nSPS) is 16.8. The lowest BCUT2D eigenvalue weighted by Gasteiger charge is -2.35. The van der Waals surface area contributed by atoms with E-state index in [2.05, 4.69) is 30.0 Å². The molecule has 0 spiro atoms. The summed E-state index contributed by atoms with van der Waals surface area (Å²) in [6.45, 7) is 5.11. The number of nitrogens with zero attached hydrogens (tertiary/aromatic N) is 1. The van der Waals surface area contributed by atoms with Crippen molar-refractivity contribution < 1.29 is 0 Å². The predicted octanol–water partition coefficient (Wildman–Crippen LogP) is 2.07. The fourth-order valence-electron chi connectivity index (χ4n) is 2.33. The highest BCUT2D eigenvalue weighted by Crippen LogP contribution is 2.29. The molecule has 3 N–H and O–H groups in total. The van der Waals surface area contributed by atoms with Gasteiger partial charge in [0.25, 0.3) is 0 Å². The van der Waals surface area contributed by atoms with Crippen LogP contribution in [0.1, 0.15) is 24.5 Å². The molecule has 3 nitrogen and oxygen atoms in total. The Labute approximate surface area is 96.8 Å². The smallest absolute Gasteiger partial charge is 0.113 e. The van der Waals surface area contributed by atoms with E-state index in [1.165, 1.54) is 16.8 Å². The summed E-state index contributed by atoms with van der Waals surface area (Å²) < 4.78 is 0. The molecule has 1 unspecified atom stereocenters. The van der Waals surface area contributed by atoms with Crippen molar-refractivity contribution in [3.05, 3.63) is 29.3 Å². The molecule has 1 aliphatic rings. The number of hydrogen-bond acceptors (Lipinski definition) is 2. The Balaban J connectivity index is 2.36. The van der Waals surface area contributed by atoms with Gasteiger partial charge in [-0.1, -0.05) is 17.7 Å². The molecule has 0 bridgehead atoms. The van der Waals surface area contributed by atoms with Gasteiger partial charge in [-0.3, -0.25) is 5.41 Å². The summed E-state index contributed by atoms with van der Waals surface area (Å²) in [5, 5.41) is 7.56. The van der Waals surface area contributed by atoms with Crippen molar-refractivity contribution in [2.24, 2.45) is 5.73 Å². The van der Waals surface area contributed by atoms with E-state index in [4.69, 9.17) is 11.1 Å². The van der Waals surface area contributed by atoms with Crippen LogP contribution in [0, 0.1) is 12.3 Å². The molecular formula is C13H19N3. The number of rotatable bonds is 2. The molecule has 0 amide bonds. The molecule has 0 aliphatic carbocycles. The molecule has 1 aromatic rings. The number of benzene rings is 1. The zero-order valence-corrected chi connectivity index (χ0v) is 9.96. The van der Waals surface area contributed by atoms with Crippen molar-refractivity contribution in [3.8, 4) is 0 Å². The molecule has 2 rings (SSSR count). The van der Waals surface area contributed by atoms with Crippen molar-refractivity contribution in [3.63, 3.8) is 0 Å². The van der Waals surface area contributed by atoms with E-state index in [9.17, 15) is 0 Å². The second kappa shape index (κ2) is 4.16. The first-order valence-electron chi connectivity index (χ1n) is 5.79. The minimum absolute atomic E-state index is 0.00163. The molecule has 86 valence electrons. The maximum Gasteiger partial charge on any atom is 0.113 e. The van der Waals surface area contributed by atoms with Gasteiger partial charge in [0.1, 0.15) is 5.84 Å². The number of amidine groups is 1. The van der Waals surface area contributed by atoms with Crippen molar-refractivity contribution in [1.82, 2.24) is 0 Å². The Morgan fingerprint density at radius 2 is 2.25 bits per heavy atom. The summed E-state index contributed by atoms with van der Waals surface area (Å²) in [4.78, 5) is 2.24. The standard InChI is InChI=1S/C13H19N3/c1-9-5-6-12-11(8-9)4-3-7-16(12)10(2)13(14)15/h5-6,8,10H,3-4,7H2,1-2H3,(H3,14,15). The number of aryl methyl sites for hydroxylation is 2. The van der Waals surface area contributed by atoms with Crippen LogP contribution < -0.4 is 10.6 Å². The van der Waals surface area contributed by atoms with Gasteiger partial charge in [-0.05, 0) is 38.3 Å². The molecular weight excluding hydrogens is 198 g/mol. The van der Waals surface area contributed by atoms with Gasteiger partial charge < -0.3 is 10.6 Å². The molecule has 3 heteroatoms. The van der Waals surface area contributed by atoms with Gasteiger partial charge in [0.15, 0.2) is 0 Å². The van der Waals surface area contributed by atoms with Crippen LogP contribution >= 0.6 is 0 Å². The fourth-order valence-corrected chi connectivity index (χ4v) is 2.33. The van der Waals surface area contributed by atoms with Crippen LogP contribution in [0.3, 0.4) is 0 Å². The molecule has 1 aliphatic heterocycles. The van der Waals surface area contributed by atoms with Crippen LogP contribution in [0.4, 0.5) is 5.69 Å². The highest BCUT2D eigenvalue weighted by Gasteiger charge is 2.22. The molecule has 0 saturated carbocycles. The Morgan fingerprint density at radius 1 is 1.50 bits per heavy atom. The minimum atomic E-state index is 0.00163. The van der Waals surface area contributed by atoms with Crippen LogP contribution in [0.2, 0.25) is 0 Å². The molecule has 16 heavy (non-hydrogen) atoms. The van der Waals surface area contributed by atoms with Gasteiger partial charge in [0.2, 0.25) is 0 Å². The largest absolute Gasteiger partial charge is 0.386 e. The highest BCUT2D eigenvalue weighted by molar-refractivity contribution is 5.86. The first-order chi connectivity index (χ1) is 7.59. The summed E-state index contributed by atoms with van der Waals surface area (Å²) in [6.07, 6.45) is 2.28. The number of fused-ring (bicyclic) bond motifs is 1. The zero-order chi connectivity index (χ0) is 11.7. The van der Waals surface area contributed by atoms with E-state index in [1.807, 2.05) is 6.92 Å². The Kier molecular flexibility index (Phi) is 2.86. The van der Waals surface area contributed by atoms with Crippen LogP contribution in [-0.4, -0.2) is 18.4 Å². The number of nitrogens with one attached hydrogen (secondary N) is 1. The minimum Gasteiger partial charge on any atom is -0.386 e. The quantitative estimate of drug-likeness (QED) is 0.588. The maximum atomic E-state index is 7.56. The fraction of sp³-hybridized carbons (Fsp3) is 0.462. The third-order valence-corrected chi connectivity index (χ3v) is 3.31. The Bertz CT molecular complexity index is 412. The van der Waals surface area contributed by atoms with Crippen LogP contribution in [-0.2, 0) is 6.42 Å². The first-order valence-corrected chi connectivity index (χ1v) is 5.79. The molecule has 0 fully saturated rings. The first kappa shape index (κ1) is 11.0. The summed E-state index contributed by atoms with van der Waals surface area (Å²) in [5.41, 5.74) is 9.54. The lowest BCUT2D eigenvalue weighted by atomic mass is 9.98. The van der Waals surface area contributed by atoms with E-state index >= 15 is 0 Å². The second-order valence-corrected chi connectivity index (χ2v) is 4.56. The van der Waals surface area contributed by atoms with E-state index in [-0.39, 0.29) is 11.9 Å². The Morgan fingerprint density at radius 3 is 2.94 bits per heavy atom. The number of anilines is 1. The van der Waals surface area contributed by atoms with Crippen molar-refractivity contribution >= 4 is 11.5 Å². The topological polar surface area (TPSA) is 53.1 Å². The molecule has 0 aromatic heterocycles. The zero-order valence-electron chi connectivity index (χ0n) is 9.96. The van der Waals surface area contributed by atoms with Crippen LogP contribution in [0.5, 0.6) is 0 Å². The molecule has 1 aromatic carbocycles. The number of nitrogens with two attached hydrogens (primary N) is 1. The lowest BCUT2D eigenvalue weighted by molar-refractivity contribution is 0.667. The van der Waals surface area contributed by atoms with Gasteiger partial charge >= 0.3 is 0 Å². The average Bonchev–Trinajstić information content (AvgIpc) is 2.26. The van der Waals surface area contributed by atoms with Gasteiger partial charge in [0, 0.05) is 12.2 Å². The third kappa shape index (κ3) is 1.90. The van der Waals surface area contributed by atoms with Gasteiger partial charge in [-0.15, -0.1) is 0 Å². The lowest BCUT2D eigenvalue weighted by Crippen LogP contribution is -2.44. The monoisotopic (exact) mass is 217 g/mol. The van der Waals surface area contributed by atoms with Crippen molar-refractivity contribution in [1.29, 1.82) is 5.41 Å². The second-order valence-electron chi connectivity index (χ2n) is 4.56. The van der Waals surface area contributed by atoms with Gasteiger partial charge in [-0.2, -0.15) is 0 Å². The average molecular weight is 217 g/mol. The van der Waals surface area contributed by atoms with Gasteiger partial charge in [-0.25, -0.2) is 0 Å². The van der Waals surface area contributed by atoms with E-state index in [0.29, 0.717) is 0 Å². The summed E-state index contributed by atoms with van der Waals surface area (Å²) in [5.74, 6) is 0.244. The van der Waals surface area contributed by atoms with Crippen molar-refractivity contribution in [2.45, 2.75) is 32.7 Å². The molecule has 0 radical (unpaired) electrons. The molecule has 0 saturated heterocycles. The number of hydrogen-bond donors (Lipinski definition) is 2. The van der Waals surface area contributed by atoms with E-state index < -0.39 is 0 Å². The molecule has 1 heterocycles. The SMILES string of the molecule is Cc1ccc2c(c1)CCCN2C(C)C(=N)N. The van der Waals surface area contributed by atoms with E-state index in [1.54, 1.807) is 0 Å². The van der Waals surface area contributed by atoms with Crippen molar-refractivity contribution in [2.75, 3.05) is 11.4 Å². The van der Waals surface area contributed by atoms with E-state index in [0.717, 1.165) is 19.4 Å². The molecule has 1 atom stereocenters. The summed E-state index contributed by atoms with van der Waals surface area (Å²) in [7, 11) is 0. The van der Waals surface area contributed by atoms with Crippen LogP contribution in [0.25, 0.3) is 0 Å². The Hall–Kier alpha value is -1.51. The highest BCUT2D eigenvalue weighted by atomic mass is 15.2. The summed E-state index contributed by atoms with van der Waals surface area (Å²) in [6, 6.07) is 6.53. The van der Waals surface area contributed by atoms with Gasteiger partial charge in [0.05, 0.1) is 6.04 Å². The van der Waals surface area contributed by atoms with Crippen LogP contribution in [0.15, 0.2) is 18.2 Å². The third-order valence-electron chi connectivity index (χ3n) is 3.31. The maximum absolute atomic E-state index is 7.56. The predicted molar refractivity (Wildman–Crippen MR) is 68.2 cm³/mol. The summed E-state index contributed by atoms with van der Waals surface area (Å²) >= 11 is 0.